The summed E-state index contributed by atoms with van der Waals surface area (Å²) in [6.45, 7) is 2.07. The van der Waals surface area contributed by atoms with E-state index < -0.39 is 0 Å². The van der Waals surface area contributed by atoms with Crippen molar-refractivity contribution >= 4 is 11.3 Å². The van der Waals surface area contributed by atoms with E-state index >= 15 is 0 Å². The molecular weight excluding hydrogens is 383 g/mol. The molecule has 1 aliphatic heterocycles. The molecule has 6 heteroatoms. The monoisotopic (exact) mass is 408 g/mol. The largest absolute Gasteiger partial charge is 0.317 e. The zero-order chi connectivity index (χ0) is 19.6. The lowest BCUT2D eigenvalue weighted by Crippen LogP contribution is -2.26. The number of benzene rings is 1. The van der Waals surface area contributed by atoms with Gasteiger partial charge in [0.2, 0.25) is 0 Å². The van der Waals surface area contributed by atoms with E-state index in [1.807, 2.05) is 18.3 Å². The van der Waals surface area contributed by atoms with Gasteiger partial charge in [0.25, 0.3) is 0 Å². The van der Waals surface area contributed by atoms with Crippen LogP contribution >= 0.6 is 11.3 Å². The summed E-state index contributed by atoms with van der Waals surface area (Å²) < 4.78 is 13.5. The summed E-state index contributed by atoms with van der Waals surface area (Å²) in [4.78, 5) is 15.3. The highest BCUT2D eigenvalue weighted by atomic mass is 32.1. The van der Waals surface area contributed by atoms with E-state index in [0.717, 1.165) is 47.8 Å². The Bertz CT molecular complexity index is 973. The predicted octanol–water partition coefficient (Wildman–Crippen LogP) is 5.53. The van der Waals surface area contributed by atoms with E-state index in [1.165, 1.54) is 48.4 Å². The summed E-state index contributed by atoms with van der Waals surface area (Å²) in [6.07, 6.45) is 10.8. The van der Waals surface area contributed by atoms with Gasteiger partial charge in [-0.2, -0.15) is 0 Å². The highest BCUT2D eigenvalue weighted by Gasteiger charge is 2.27. The van der Waals surface area contributed by atoms with Crippen LogP contribution in [0.25, 0.3) is 21.8 Å². The molecule has 1 saturated carbocycles. The van der Waals surface area contributed by atoms with Crippen LogP contribution < -0.4 is 5.32 Å². The van der Waals surface area contributed by atoms with E-state index in [2.05, 4.69) is 10.3 Å². The van der Waals surface area contributed by atoms with Crippen molar-refractivity contribution in [3.8, 4) is 21.8 Å². The molecule has 2 fully saturated rings. The third-order valence-corrected chi connectivity index (χ3v) is 7.42. The van der Waals surface area contributed by atoms with Crippen molar-refractivity contribution in [3.63, 3.8) is 0 Å². The molecule has 0 bridgehead atoms. The molecule has 4 nitrogen and oxygen atoms in total. The lowest BCUT2D eigenvalue weighted by atomic mass is 9.96. The van der Waals surface area contributed by atoms with E-state index in [1.54, 1.807) is 17.7 Å². The van der Waals surface area contributed by atoms with Crippen LogP contribution in [0.4, 0.5) is 4.39 Å². The van der Waals surface area contributed by atoms with E-state index in [9.17, 15) is 4.39 Å². The fourth-order valence-electron chi connectivity index (χ4n) is 4.61. The number of nitrogens with one attached hydrogen (secondary N) is 1. The lowest BCUT2D eigenvalue weighted by molar-refractivity contribution is 0.459. The third-order valence-electron chi connectivity index (χ3n) is 6.20. The molecule has 0 amide bonds. The van der Waals surface area contributed by atoms with Gasteiger partial charge in [-0.3, -0.25) is 0 Å². The first kappa shape index (κ1) is 18.8. The molecule has 3 aromatic rings. The highest BCUT2D eigenvalue weighted by Crippen LogP contribution is 2.44. The fraction of sp³-hybridized carbons (Fsp3) is 0.435. The van der Waals surface area contributed by atoms with Gasteiger partial charge in [-0.05, 0) is 69.0 Å². The molecule has 1 aliphatic carbocycles. The lowest BCUT2D eigenvalue weighted by Gasteiger charge is -2.20. The number of hydrogen-bond donors (Lipinski definition) is 1. The van der Waals surface area contributed by atoms with Gasteiger partial charge in [-0.25, -0.2) is 19.3 Å². The van der Waals surface area contributed by atoms with Crippen LogP contribution in [0.3, 0.4) is 0 Å². The van der Waals surface area contributed by atoms with Crippen molar-refractivity contribution in [2.24, 2.45) is 0 Å². The SMILES string of the molecule is Fc1ccc(-c2nc(C3CCNCC3)sc2-c2ncncc2C2CCCC2)cc1. The Labute approximate surface area is 174 Å². The number of thiazole rings is 1. The average Bonchev–Trinajstić information content (AvgIpc) is 3.45. The Morgan fingerprint density at radius 1 is 0.931 bits per heavy atom. The first-order valence-corrected chi connectivity index (χ1v) is 11.4. The molecule has 5 rings (SSSR count). The van der Waals surface area contributed by atoms with E-state index in [-0.39, 0.29) is 5.82 Å². The first-order chi connectivity index (χ1) is 14.3. The van der Waals surface area contributed by atoms with Crippen LogP contribution in [-0.2, 0) is 0 Å². The van der Waals surface area contributed by atoms with E-state index in [4.69, 9.17) is 9.97 Å². The number of piperidine rings is 1. The maximum atomic E-state index is 13.5. The van der Waals surface area contributed by atoms with Crippen LogP contribution in [0.15, 0.2) is 36.8 Å². The maximum Gasteiger partial charge on any atom is 0.123 e. The second-order valence-corrected chi connectivity index (χ2v) is 9.10. The van der Waals surface area contributed by atoms with Crippen molar-refractivity contribution in [1.29, 1.82) is 0 Å². The Morgan fingerprint density at radius 3 is 2.45 bits per heavy atom. The number of aromatic nitrogens is 3. The minimum atomic E-state index is -0.224. The molecule has 0 unspecified atom stereocenters. The van der Waals surface area contributed by atoms with Crippen molar-refractivity contribution in [2.75, 3.05) is 13.1 Å². The van der Waals surface area contributed by atoms with Gasteiger partial charge in [0.15, 0.2) is 0 Å². The average molecular weight is 409 g/mol. The molecule has 29 heavy (non-hydrogen) atoms. The number of halogens is 1. The second kappa shape index (κ2) is 8.28. The second-order valence-electron chi connectivity index (χ2n) is 8.07. The highest BCUT2D eigenvalue weighted by molar-refractivity contribution is 7.15. The summed E-state index contributed by atoms with van der Waals surface area (Å²) in [6, 6.07) is 6.69. The molecule has 1 aromatic carbocycles. The molecule has 0 radical (unpaired) electrons. The molecule has 0 atom stereocenters. The minimum Gasteiger partial charge on any atom is -0.317 e. The first-order valence-electron chi connectivity index (χ1n) is 10.6. The van der Waals surface area contributed by atoms with Crippen LogP contribution in [-0.4, -0.2) is 28.0 Å². The van der Waals surface area contributed by atoms with Gasteiger partial charge in [0, 0.05) is 23.2 Å². The van der Waals surface area contributed by atoms with Crippen molar-refractivity contribution < 1.29 is 4.39 Å². The Hall–Kier alpha value is -2.18. The quantitative estimate of drug-likeness (QED) is 0.617. The van der Waals surface area contributed by atoms with Crippen LogP contribution in [0.5, 0.6) is 0 Å². The van der Waals surface area contributed by atoms with Gasteiger partial charge < -0.3 is 5.32 Å². The smallest absolute Gasteiger partial charge is 0.123 e. The number of nitrogens with zero attached hydrogens (tertiary/aromatic N) is 3. The molecule has 1 saturated heterocycles. The number of rotatable bonds is 4. The third kappa shape index (κ3) is 3.83. The molecule has 3 heterocycles. The Kier molecular flexibility index (Phi) is 5.38. The van der Waals surface area contributed by atoms with Crippen molar-refractivity contribution in [2.45, 2.75) is 50.4 Å². The maximum absolute atomic E-state index is 13.5. The minimum absolute atomic E-state index is 0.224. The molecule has 2 aliphatic rings. The van der Waals surface area contributed by atoms with Crippen molar-refractivity contribution in [3.05, 3.63) is 53.2 Å². The van der Waals surface area contributed by atoms with Crippen LogP contribution in [0.2, 0.25) is 0 Å². The summed E-state index contributed by atoms with van der Waals surface area (Å²) >= 11 is 1.77. The Morgan fingerprint density at radius 2 is 1.69 bits per heavy atom. The summed E-state index contributed by atoms with van der Waals surface area (Å²) in [5, 5.41) is 4.61. The summed E-state index contributed by atoms with van der Waals surface area (Å²) in [5.41, 5.74) is 4.15. The van der Waals surface area contributed by atoms with E-state index in [0.29, 0.717) is 11.8 Å². The molecular formula is C23H25FN4S. The summed E-state index contributed by atoms with van der Waals surface area (Å²) in [7, 11) is 0. The summed E-state index contributed by atoms with van der Waals surface area (Å²) in [5.74, 6) is 0.778. The molecule has 1 N–H and O–H groups in total. The van der Waals surface area contributed by atoms with Crippen LogP contribution in [0.1, 0.15) is 60.9 Å². The molecule has 2 aromatic heterocycles. The van der Waals surface area contributed by atoms with Gasteiger partial charge in [0.05, 0.1) is 21.3 Å². The molecule has 0 spiro atoms. The zero-order valence-electron chi connectivity index (χ0n) is 16.4. The zero-order valence-corrected chi connectivity index (χ0v) is 17.2. The predicted molar refractivity (Wildman–Crippen MR) is 115 cm³/mol. The Balaban J connectivity index is 1.63. The van der Waals surface area contributed by atoms with Gasteiger partial charge in [-0.1, -0.05) is 12.8 Å². The topological polar surface area (TPSA) is 50.7 Å². The standard InChI is InChI=1S/C23H25FN4S/c24-18-7-5-16(6-8-18)20-22(29-23(28-20)17-9-11-25-12-10-17)21-19(13-26-14-27-21)15-3-1-2-4-15/h5-8,13-15,17,25H,1-4,9-12H2. The van der Waals surface area contributed by atoms with Crippen molar-refractivity contribution in [1.82, 2.24) is 20.3 Å². The van der Waals surface area contributed by atoms with Gasteiger partial charge in [0.1, 0.15) is 12.1 Å². The van der Waals surface area contributed by atoms with Crippen LogP contribution in [0, 0.1) is 5.82 Å². The number of hydrogen-bond acceptors (Lipinski definition) is 5. The van der Waals surface area contributed by atoms with Gasteiger partial charge >= 0.3 is 0 Å². The molecule has 150 valence electrons. The normalized spacial score (nSPS) is 18.4. The van der Waals surface area contributed by atoms with Gasteiger partial charge in [-0.15, -0.1) is 11.3 Å². The fourth-order valence-corrected chi connectivity index (χ4v) is 5.89.